The van der Waals surface area contributed by atoms with Gasteiger partial charge in [-0.15, -0.1) is 5.10 Å². The van der Waals surface area contributed by atoms with Crippen LogP contribution in [0, 0.1) is 0 Å². The number of carbonyl (C=O) groups excluding carboxylic acids is 1. The number of hydrogen-bond donors (Lipinski definition) is 4. The smallest absolute Gasteiger partial charge is 0.303 e. The Hall–Kier alpha value is -5.08. The largest absolute Gasteiger partial charge is 0.508 e. The first-order valence-corrected chi connectivity index (χ1v) is 18.2. The summed E-state index contributed by atoms with van der Waals surface area (Å²) in [5, 5.41) is 43.8. The molecule has 0 saturated carbocycles. The van der Waals surface area contributed by atoms with Crippen molar-refractivity contribution in [3.63, 3.8) is 0 Å². The van der Waals surface area contributed by atoms with Gasteiger partial charge in [0, 0.05) is 37.1 Å². The van der Waals surface area contributed by atoms with Crippen LogP contribution in [0.5, 0.6) is 5.75 Å². The number of aromatic nitrogens is 4. The number of nitrogens with zero attached hydrogens (tertiary/aromatic N) is 4. The van der Waals surface area contributed by atoms with Crippen LogP contribution in [0.4, 0.5) is 0 Å². The van der Waals surface area contributed by atoms with E-state index in [4.69, 9.17) is 14.6 Å². The molecule has 1 saturated heterocycles. The van der Waals surface area contributed by atoms with E-state index in [1.165, 1.54) is 11.8 Å². The molecular formula is C39H41N5O7S. The second-order valence-electron chi connectivity index (χ2n) is 12.6. The molecule has 0 aliphatic carbocycles. The van der Waals surface area contributed by atoms with E-state index in [1.54, 1.807) is 28.9 Å². The second-order valence-corrected chi connectivity index (χ2v) is 13.6. The molecule has 1 fully saturated rings. The third-order valence-corrected chi connectivity index (χ3v) is 9.83. The fraction of sp³-hybridized carbons (Fsp3) is 0.308. The van der Waals surface area contributed by atoms with Gasteiger partial charge in [0.2, 0.25) is 11.1 Å². The molecule has 0 bridgehead atoms. The predicted molar refractivity (Wildman–Crippen MR) is 194 cm³/mol. The van der Waals surface area contributed by atoms with Crippen LogP contribution in [0.15, 0.2) is 102 Å². The summed E-state index contributed by atoms with van der Waals surface area (Å²) >= 11 is 1.48. The zero-order valence-electron chi connectivity index (χ0n) is 28.5. The highest BCUT2D eigenvalue weighted by molar-refractivity contribution is 7.99. The Bertz CT molecular complexity index is 1920. The van der Waals surface area contributed by atoms with Crippen molar-refractivity contribution in [3.8, 4) is 22.6 Å². The number of nitrogens with one attached hydrogen (secondary N) is 1. The number of carbonyl (C=O) groups is 2. The Balaban J connectivity index is 1.11. The monoisotopic (exact) mass is 723 g/mol. The second kappa shape index (κ2) is 17.9. The van der Waals surface area contributed by atoms with E-state index >= 15 is 0 Å². The van der Waals surface area contributed by atoms with Gasteiger partial charge in [0.1, 0.15) is 5.75 Å². The molecule has 0 spiro atoms. The maximum Gasteiger partial charge on any atom is 0.303 e. The Kier molecular flexibility index (Phi) is 12.6. The standard InChI is InChI=1S/C39H41N5O7S/c45-24-26-9-11-29(12-10-26)35-22-34(25-52-39-41-42-43-44(39)32-17-19-33(46)20-18-32)50-38(51-35)30-15-13-28(14-16-30)31-6-4-5-27(21-31)23-40-36(47)7-2-1-3-8-37(48)49/h4-6,9-21,34-35,38,45-46H,1-3,7-8,22-25H2,(H,40,47)(H,48,49)/t34-,35+,38+/m0/s1. The van der Waals surface area contributed by atoms with Gasteiger partial charge < -0.3 is 30.1 Å². The van der Waals surface area contributed by atoms with Crippen molar-refractivity contribution in [2.24, 2.45) is 0 Å². The van der Waals surface area contributed by atoms with E-state index < -0.39 is 12.3 Å². The number of ether oxygens (including phenoxy) is 2. The molecule has 52 heavy (non-hydrogen) atoms. The fourth-order valence-corrected chi connectivity index (χ4v) is 6.84. The van der Waals surface area contributed by atoms with Gasteiger partial charge in [-0.2, -0.15) is 4.68 Å². The normalized spacial score (nSPS) is 17.1. The molecule has 3 atom stereocenters. The minimum Gasteiger partial charge on any atom is -0.508 e. The number of aliphatic carboxylic acids is 1. The number of benzene rings is 4. The number of carboxylic acids is 1. The Labute approximate surface area is 305 Å². The minimum atomic E-state index is -0.811. The fourth-order valence-electron chi connectivity index (χ4n) is 5.94. The van der Waals surface area contributed by atoms with Crippen LogP contribution in [0.25, 0.3) is 16.8 Å². The first-order chi connectivity index (χ1) is 25.3. The van der Waals surface area contributed by atoms with Gasteiger partial charge in [-0.25, -0.2) is 0 Å². The molecule has 4 N–H and O–H groups in total. The highest BCUT2D eigenvalue weighted by Gasteiger charge is 2.32. The van der Waals surface area contributed by atoms with Gasteiger partial charge in [0.25, 0.3) is 0 Å². The van der Waals surface area contributed by atoms with E-state index in [-0.39, 0.29) is 36.9 Å². The molecule has 4 aromatic carbocycles. The molecule has 5 aromatic rings. The molecule has 12 nitrogen and oxygen atoms in total. The Morgan fingerprint density at radius 2 is 1.60 bits per heavy atom. The summed E-state index contributed by atoms with van der Waals surface area (Å²) in [6, 6.07) is 30.5. The lowest BCUT2D eigenvalue weighted by atomic mass is 9.99. The van der Waals surface area contributed by atoms with Crippen molar-refractivity contribution in [2.45, 2.75) is 75.3 Å². The Morgan fingerprint density at radius 1 is 0.846 bits per heavy atom. The van der Waals surface area contributed by atoms with Crippen LogP contribution in [-0.2, 0) is 32.2 Å². The average molecular weight is 724 g/mol. The van der Waals surface area contributed by atoms with Crippen molar-refractivity contribution >= 4 is 23.6 Å². The third-order valence-electron chi connectivity index (χ3n) is 8.78. The van der Waals surface area contributed by atoms with Gasteiger partial charge in [0.15, 0.2) is 6.29 Å². The van der Waals surface area contributed by atoms with Crippen molar-refractivity contribution in [2.75, 3.05) is 5.75 Å². The molecule has 13 heteroatoms. The molecular weight excluding hydrogens is 683 g/mol. The summed E-state index contributed by atoms with van der Waals surface area (Å²) in [7, 11) is 0. The maximum absolute atomic E-state index is 12.3. The predicted octanol–water partition coefficient (Wildman–Crippen LogP) is 6.52. The Morgan fingerprint density at radius 3 is 2.35 bits per heavy atom. The van der Waals surface area contributed by atoms with E-state index in [0.29, 0.717) is 49.6 Å². The first kappa shape index (κ1) is 36.7. The number of phenolic OH excluding ortho intramolecular Hbond substituents is 1. The summed E-state index contributed by atoms with van der Waals surface area (Å²) in [6.07, 6.45) is 1.98. The lowest BCUT2D eigenvalue weighted by Gasteiger charge is -2.36. The number of thioether (sulfide) groups is 1. The lowest BCUT2D eigenvalue weighted by Crippen LogP contribution is -2.31. The van der Waals surface area contributed by atoms with Crippen LogP contribution < -0.4 is 5.32 Å². The topological polar surface area (TPSA) is 169 Å². The van der Waals surface area contributed by atoms with Crippen molar-refractivity contribution < 1.29 is 34.4 Å². The van der Waals surface area contributed by atoms with E-state index in [1.807, 2.05) is 66.7 Å². The van der Waals surface area contributed by atoms with Crippen molar-refractivity contribution in [3.05, 3.63) is 119 Å². The SMILES string of the molecule is O=C(O)CCCCCC(=O)NCc1cccc(-c2ccc([C@@H]3O[C@H](CSc4nnnn4-c4ccc(O)cc4)C[C@H](c4ccc(CO)cc4)O3)cc2)c1. The molecule has 1 aromatic heterocycles. The summed E-state index contributed by atoms with van der Waals surface area (Å²) in [5.74, 6) is -0.134. The highest BCUT2D eigenvalue weighted by Crippen LogP contribution is 2.40. The number of aromatic hydroxyl groups is 1. The molecule has 2 heterocycles. The third kappa shape index (κ3) is 10.0. The van der Waals surface area contributed by atoms with Gasteiger partial charge in [-0.05, 0) is 81.4 Å². The summed E-state index contributed by atoms with van der Waals surface area (Å²) in [5.41, 5.74) is 6.42. The number of aliphatic hydroxyl groups excluding tert-OH is 1. The van der Waals surface area contributed by atoms with Gasteiger partial charge in [-0.1, -0.05) is 84.9 Å². The number of unbranched alkanes of at least 4 members (excludes halogenated alkanes) is 2. The number of tetrazole rings is 1. The summed E-state index contributed by atoms with van der Waals surface area (Å²) in [6.45, 7) is 0.374. The van der Waals surface area contributed by atoms with Crippen molar-refractivity contribution in [1.82, 2.24) is 25.5 Å². The van der Waals surface area contributed by atoms with Crippen LogP contribution in [0.3, 0.4) is 0 Å². The molecule has 1 aliphatic heterocycles. The van der Waals surface area contributed by atoms with E-state index in [9.17, 15) is 19.8 Å². The van der Waals surface area contributed by atoms with Gasteiger partial charge in [-0.3, -0.25) is 9.59 Å². The zero-order chi connectivity index (χ0) is 36.3. The van der Waals surface area contributed by atoms with E-state index in [0.717, 1.165) is 39.1 Å². The number of phenols is 1. The zero-order valence-corrected chi connectivity index (χ0v) is 29.3. The molecule has 270 valence electrons. The van der Waals surface area contributed by atoms with Crippen LogP contribution in [0.1, 0.15) is 73.2 Å². The first-order valence-electron chi connectivity index (χ1n) is 17.2. The number of carboxylic acid groups (broad SMARTS) is 1. The summed E-state index contributed by atoms with van der Waals surface area (Å²) in [4.78, 5) is 23.0. The molecule has 1 amide bonds. The van der Waals surface area contributed by atoms with Gasteiger partial charge >= 0.3 is 5.97 Å². The van der Waals surface area contributed by atoms with E-state index in [2.05, 4.69) is 26.9 Å². The molecule has 6 rings (SSSR count). The molecule has 0 unspecified atom stereocenters. The average Bonchev–Trinajstić information content (AvgIpc) is 3.65. The maximum atomic E-state index is 12.3. The minimum absolute atomic E-state index is 0.0337. The number of amides is 1. The molecule has 1 aliphatic rings. The summed E-state index contributed by atoms with van der Waals surface area (Å²) < 4.78 is 14.7. The number of aliphatic hydroxyl groups is 1. The van der Waals surface area contributed by atoms with Crippen LogP contribution in [-0.4, -0.2) is 59.3 Å². The number of hydrogen-bond acceptors (Lipinski definition) is 10. The lowest BCUT2D eigenvalue weighted by molar-refractivity contribution is -0.245. The molecule has 0 radical (unpaired) electrons. The number of rotatable bonds is 16. The quantitative estimate of drug-likeness (QED) is 0.0646. The van der Waals surface area contributed by atoms with Crippen molar-refractivity contribution in [1.29, 1.82) is 0 Å². The van der Waals surface area contributed by atoms with Crippen LogP contribution in [0.2, 0.25) is 0 Å². The highest BCUT2D eigenvalue weighted by atomic mass is 32.2. The van der Waals surface area contributed by atoms with Crippen LogP contribution >= 0.6 is 11.8 Å². The van der Waals surface area contributed by atoms with Gasteiger partial charge in [0.05, 0.1) is 24.5 Å².